The zero-order valence-corrected chi connectivity index (χ0v) is 6.99. The van der Waals surface area contributed by atoms with Crippen LogP contribution in [0.1, 0.15) is 5.56 Å². The molecule has 0 aliphatic carbocycles. The van der Waals surface area contributed by atoms with E-state index in [1.54, 1.807) is 0 Å². The Morgan fingerprint density at radius 2 is 2.31 bits per heavy atom. The molecular formula is C8H8FNO3. The van der Waals surface area contributed by atoms with Crippen molar-refractivity contribution in [2.24, 2.45) is 0 Å². The summed E-state index contributed by atoms with van der Waals surface area (Å²) in [4.78, 5) is 9.65. The number of nitro groups is 1. The predicted molar refractivity (Wildman–Crippen MR) is 43.7 cm³/mol. The van der Waals surface area contributed by atoms with Crippen LogP contribution in [-0.2, 0) is 6.54 Å². The lowest BCUT2D eigenvalue weighted by atomic mass is 10.2. The number of nitrogens with zero attached hydrogens (tertiary/aromatic N) is 1. The molecule has 0 fully saturated rings. The van der Waals surface area contributed by atoms with E-state index in [2.05, 4.69) is 0 Å². The van der Waals surface area contributed by atoms with Gasteiger partial charge in [-0.25, -0.2) is 4.39 Å². The van der Waals surface area contributed by atoms with Crippen molar-refractivity contribution < 1.29 is 14.1 Å². The molecule has 0 saturated carbocycles. The first-order valence-corrected chi connectivity index (χ1v) is 3.58. The molecule has 13 heavy (non-hydrogen) atoms. The van der Waals surface area contributed by atoms with Crippen molar-refractivity contribution >= 4 is 0 Å². The molecule has 0 spiro atoms. The van der Waals surface area contributed by atoms with Gasteiger partial charge in [-0.3, -0.25) is 10.1 Å². The minimum Gasteiger partial charge on any atom is -0.493 e. The lowest BCUT2D eigenvalue weighted by molar-refractivity contribution is -0.497. The molecule has 1 aromatic carbocycles. The van der Waals surface area contributed by atoms with Gasteiger partial charge in [-0.15, -0.1) is 0 Å². The summed E-state index contributed by atoms with van der Waals surface area (Å²) in [5.74, 6) is -0.638. The van der Waals surface area contributed by atoms with Crippen LogP contribution in [0.2, 0.25) is 0 Å². The summed E-state index contributed by atoms with van der Waals surface area (Å²) < 4.78 is 17.7. The van der Waals surface area contributed by atoms with Gasteiger partial charge in [0.1, 0.15) is 0 Å². The number of rotatable bonds is 3. The molecule has 0 bridgehead atoms. The van der Waals surface area contributed by atoms with E-state index in [1.807, 2.05) is 0 Å². The number of para-hydroxylation sites is 1. The lowest BCUT2D eigenvalue weighted by Gasteiger charge is -2.04. The second-order valence-corrected chi connectivity index (χ2v) is 2.42. The molecule has 0 N–H and O–H groups in total. The van der Waals surface area contributed by atoms with Gasteiger partial charge in [-0.1, -0.05) is 6.07 Å². The number of methoxy groups -OCH3 is 1. The van der Waals surface area contributed by atoms with Crippen LogP contribution in [0.3, 0.4) is 0 Å². The van der Waals surface area contributed by atoms with Crippen LogP contribution < -0.4 is 4.74 Å². The summed E-state index contributed by atoms with van der Waals surface area (Å²) in [5.41, 5.74) is 0.243. The van der Waals surface area contributed by atoms with Gasteiger partial charge in [-0.2, -0.15) is 0 Å². The highest BCUT2D eigenvalue weighted by atomic mass is 19.1. The first-order valence-electron chi connectivity index (χ1n) is 3.58. The Morgan fingerprint density at radius 1 is 1.62 bits per heavy atom. The molecule has 0 aliphatic rings. The van der Waals surface area contributed by atoms with Crippen LogP contribution in [-0.4, -0.2) is 12.0 Å². The standard InChI is InChI=1S/C8H8FNO3/c1-13-8-6(5-10(11)12)3-2-4-7(8)9/h2-4H,5H2,1H3. The molecule has 70 valence electrons. The van der Waals surface area contributed by atoms with Crippen LogP contribution in [0.5, 0.6) is 5.75 Å². The Bertz CT molecular complexity index is 327. The van der Waals surface area contributed by atoms with Crippen LogP contribution in [0.25, 0.3) is 0 Å². The van der Waals surface area contributed by atoms with Crippen molar-refractivity contribution in [2.75, 3.05) is 7.11 Å². The summed E-state index contributed by atoms with van der Waals surface area (Å²) in [5, 5.41) is 10.2. The third-order valence-electron chi connectivity index (χ3n) is 1.55. The summed E-state index contributed by atoms with van der Waals surface area (Å²) in [6.07, 6.45) is 0. The topological polar surface area (TPSA) is 52.4 Å². The van der Waals surface area contributed by atoms with Crippen LogP contribution in [0.4, 0.5) is 4.39 Å². The van der Waals surface area contributed by atoms with Gasteiger partial charge in [0.2, 0.25) is 6.54 Å². The highest BCUT2D eigenvalue weighted by Crippen LogP contribution is 2.22. The Balaban J connectivity index is 3.05. The van der Waals surface area contributed by atoms with E-state index >= 15 is 0 Å². The largest absolute Gasteiger partial charge is 0.493 e. The molecule has 5 heteroatoms. The molecule has 0 aromatic heterocycles. The maximum Gasteiger partial charge on any atom is 0.232 e. The summed E-state index contributed by atoms with van der Waals surface area (Å²) in [6, 6.07) is 4.07. The minimum absolute atomic E-state index is 0.0563. The van der Waals surface area contributed by atoms with Crippen LogP contribution >= 0.6 is 0 Å². The molecule has 0 heterocycles. The molecule has 0 atom stereocenters. The maximum atomic E-state index is 13.0. The second-order valence-electron chi connectivity index (χ2n) is 2.42. The van der Waals surface area contributed by atoms with Crippen LogP contribution in [0.15, 0.2) is 18.2 Å². The van der Waals surface area contributed by atoms with Crippen molar-refractivity contribution in [2.45, 2.75) is 6.54 Å². The third kappa shape index (κ3) is 2.14. The van der Waals surface area contributed by atoms with Gasteiger partial charge >= 0.3 is 0 Å². The molecular weight excluding hydrogens is 177 g/mol. The highest BCUT2D eigenvalue weighted by molar-refractivity contribution is 5.34. The summed E-state index contributed by atoms with van der Waals surface area (Å²) in [6.45, 7) is -0.430. The molecule has 0 amide bonds. The molecule has 4 nitrogen and oxygen atoms in total. The monoisotopic (exact) mass is 185 g/mol. The van der Waals surface area contributed by atoms with Crippen molar-refractivity contribution in [3.8, 4) is 5.75 Å². The zero-order valence-electron chi connectivity index (χ0n) is 6.99. The summed E-state index contributed by atoms with van der Waals surface area (Å²) >= 11 is 0. The van der Waals surface area contributed by atoms with Gasteiger partial charge in [0, 0.05) is 4.92 Å². The molecule has 1 rings (SSSR count). The average molecular weight is 185 g/mol. The Kier molecular flexibility index (Phi) is 2.79. The first kappa shape index (κ1) is 9.44. The van der Waals surface area contributed by atoms with Gasteiger partial charge < -0.3 is 4.74 Å². The fourth-order valence-electron chi connectivity index (χ4n) is 1.05. The van der Waals surface area contributed by atoms with E-state index in [0.717, 1.165) is 0 Å². The molecule has 0 radical (unpaired) electrons. The number of halogens is 1. The SMILES string of the molecule is COc1c(F)cccc1C[N+](=O)[O-]. The van der Waals surface area contributed by atoms with Crippen molar-refractivity contribution in [1.82, 2.24) is 0 Å². The van der Waals surface area contributed by atoms with Gasteiger partial charge in [0.15, 0.2) is 11.6 Å². The number of ether oxygens (including phenoxy) is 1. The van der Waals surface area contributed by atoms with E-state index in [0.29, 0.717) is 0 Å². The van der Waals surface area contributed by atoms with Gasteiger partial charge in [0.25, 0.3) is 0 Å². The number of hydrogen-bond acceptors (Lipinski definition) is 3. The summed E-state index contributed by atoms with van der Waals surface area (Å²) in [7, 11) is 1.28. The third-order valence-corrected chi connectivity index (χ3v) is 1.55. The van der Waals surface area contributed by atoms with Gasteiger partial charge in [0.05, 0.1) is 12.7 Å². The van der Waals surface area contributed by atoms with Crippen LogP contribution in [0, 0.1) is 15.9 Å². The fraction of sp³-hybridized carbons (Fsp3) is 0.250. The quantitative estimate of drug-likeness (QED) is 0.531. The van der Waals surface area contributed by atoms with E-state index in [9.17, 15) is 14.5 Å². The van der Waals surface area contributed by atoms with E-state index in [4.69, 9.17) is 4.74 Å². The first-order chi connectivity index (χ1) is 6.15. The van der Waals surface area contributed by atoms with E-state index in [-0.39, 0.29) is 11.3 Å². The predicted octanol–water partition coefficient (Wildman–Crippen LogP) is 1.61. The van der Waals surface area contributed by atoms with Crippen molar-refractivity contribution in [3.05, 3.63) is 39.7 Å². The molecule has 1 aromatic rings. The number of benzene rings is 1. The van der Waals surface area contributed by atoms with Crippen molar-refractivity contribution in [1.29, 1.82) is 0 Å². The lowest BCUT2D eigenvalue weighted by Crippen LogP contribution is -2.02. The Hall–Kier alpha value is -1.65. The second kappa shape index (κ2) is 3.84. The fourth-order valence-corrected chi connectivity index (χ4v) is 1.05. The molecule has 0 saturated heterocycles. The normalized spacial score (nSPS) is 9.69. The maximum absolute atomic E-state index is 13.0. The Labute approximate surface area is 74.1 Å². The minimum atomic E-state index is -0.582. The Morgan fingerprint density at radius 3 is 2.85 bits per heavy atom. The van der Waals surface area contributed by atoms with E-state index < -0.39 is 17.3 Å². The number of hydrogen-bond donors (Lipinski definition) is 0. The van der Waals surface area contributed by atoms with Gasteiger partial charge in [-0.05, 0) is 12.1 Å². The average Bonchev–Trinajstić information content (AvgIpc) is 2.03. The smallest absolute Gasteiger partial charge is 0.232 e. The highest BCUT2D eigenvalue weighted by Gasteiger charge is 2.12. The zero-order chi connectivity index (χ0) is 9.84. The van der Waals surface area contributed by atoms with Crippen molar-refractivity contribution in [3.63, 3.8) is 0 Å². The van der Waals surface area contributed by atoms with E-state index in [1.165, 1.54) is 25.3 Å². The molecule has 0 aliphatic heterocycles. The molecule has 0 unspecified atom stereocenters.